The Morgan fingerprint density at radius 3 is 1.92 bits per heavy atom. The molecule has 0 fully saturated rings. The maximum Gasteiger partial charge on any atom is 0.337 e. The van der Waals surface area contributed by atoms with Crippen molar-refractivity contribution < 1.29 is 23.9 Å². The number of methoxy groups -OCH3 is 1. The maximum atomic E-state index is 11.3. The molecule has 2 rings (SSSR count). The highest BCUT2D eigenvalue weighted by Crippen LogP contribution is 2.17. The summed E-state index contributed by atoms with van der Waals surface area (Å²) in [5, 5.41) is 10.5. The van der Waals surface area contributed by atoms with Crippen LogP contribution in [0.4, 0.5) is 5.69 Å². The predicted molar refractivity (Wildman–Crippen MR) is 86.5 cm³/mol. The summed E-state index contributed by atoms with van der Waals surface area (Å²) in [6, 6.07) is 12.6. The number of benzene rings is 2. The Labute approximate surface area is 138 Å². The zero-order chi connectivity index (χ0) is 17.4. The van der Waals surface area contributed by atoms with Crippen LogP contribution in [0, 0.1) is 10.1 Å². The van der Waals surface area contributed by atoms with Crippen LogP contribution in [-0.2, 0) is 4.74 Å². The zero-order valence-electron chi connectivity index (χ0n) is 13.1. The summed E-state index contributed by atoms with van der Waals surface area (Å²) in [6.45, 7) is 0.878. The molecule has 24 heavy (non-hydrogen) atoms. The molecule has 0 aliphatic heterocycles. The highest BCUT2D eigenvalue weighted by atomic mass is 16.6. The molecule has 0 saturated heterocycles. The fourth-order valence-corrected chi connectivity index (χ4v) is 1.91. The van der Waals surface area contributed by atoms with Crippen LogP contribution in [0.15, 0.2) is 48.5 Å². The second kappa shape index (κ2) is 8.52. The number of ether oxygens (including phenoxy) is 3. The lowest BCUT2D eigenvalue weighted by atomic mass is 10.2. The van der Waals surface area contributed by atoms with E-state index in [1.807, 2.05) is 0 Å². The summed E-state index contributed by atoms with van der Waals surface area (Å²) in [7, 11) is 1.33. The van der Waals surface area contributed by atoms with Gasteiger partial charge in [-0.15, -0.1) is 0 Å². The number of non-ortho nitro benzene ring substituents is 1. The third-order valence-corrected chi connectivity index (χ3v) is 3.15. The second-order valence-corrected chi connectivity index (χ2v) is 4.82. The summed E-state index contributed by atoms with van der Waals surface area (Å²) in [4.78, 5) is 21.4. The van der Waals surface area contributed by atoms with Gasteiger partial charge in [-0.05, 0) is 36.4 Å². The molecule has 2 aromatic rings. The van der Waals surface area contributed by atoms with E-state index in [-0.39, 0.29) is 5.69 Å². The van der Waals surface area contributed by atoms with Crippen molar-refractivity contribution in [1.29, 1.82) is 0 Å². The summed E-state index contributed by atoms with van der Waals surface area (Å²) >= 11 is 0. The molecule has 0 unspecified atom stereocenters. The molecular formula is C17H17NO6. The maximum absolute atomic E-state index is 11.3. The Bertz CT molecular complexity index is 681. The number of hydrogen-bond acceptors (Lipinski definition) is 6. The van der Waals surface area contributed by atoms with Crippen molar-refractivity contribution in [1.82, 2.24) is 0 Å². The molecule has 0 bridgehead atoms. The van der Waals surface area contributed by atoms with Crippen LogP contribution in [-0.4, -0.2) is 31.2 Å². The van der Waals surface area contributed by atoms with Gasteiger partial charge >= 0.3 is 5.97 Å². The first kappa shape index (κ1) is 17.3. The van der Waals surface area contributed by atoms with Gasteiger partial charge in [-0.2, -0.15) is 0 Å². The van der Waals surface area contributed by atoms with E-state index < -0.39 is 10.9 Å². The number of rotatable bonds is 8. The van der Waals surface area contributed by atoms with E-state index in [2.05, 4.69) is 4.74 Å². The molecule has 0 atom stereocenters. The van der Waals surface area contributed by atoms with Gasteiger partial charge in [0.15, 0.2) is 0 Å². The lowest BCUT2D eigenvalue weighted by Crippen LogP contribution is -2.05. The fraction of sp³-hybridized carbons (Fsp3) is 0.235. The third-order valence-electron chi connectivity index (χ3n) is 3.15. The molecule has 0 heterocycles. The van der Waals surface area contributed by atoms with Gasteiger partial charge < -0.3 is 14.2 Å². The van der Waals surface area contributed by atoms with Crippen LogP contribution in [0.5, 0.6) is 11.5 Å². The van der Waals surface area contributed by atoms with Gasteiger partial charge in [0.1, 0.15) is 11.5 Å². The van der Waals surface area contributed by atoms with Crippen LogP contribution in [0.25, 0.3) is 0 Å². The van der Waals surface area contributed by atoms with Gasteiger partial charge in [-0.25, -0.2) is 4.79 Å². The smallest absolute Gasteiger partial charge is 0.337 e. The van der Waals surface area contributed by atoms with E-state index in [4.69, 9.17) is 9.47 Å². The standard InChI is InChI=1S/C17H17NO6/c1-22-17(19)13-3-7-15(8-4-13)23-11-2-12-24-16-9-5-14(6-10-16)18(20)21/h3-10H,2,11-12H2,1H3. The van der Waals surface area contributed by atoms with E-state index in [1.165, 1.54) is 19.2 Å². The Hall–Kier alpha value is -3.09. The minimum Gasteiger partial charge on any atom is -0.493 e. The predicted octanol–water partition coefficient (Wildman–Crippen LogP) is 3.23. The van der Waals surface area contributed by atoms with Gasteiger partial charge in [0.2, 0.25) is 0 Å². The summed E-state index contributed by atoms with van der Waals surface area (Å²) in [5.74, 6) is 0.832. The highest BCUT2D eigenvalue weighted by Gasteiger charge is 2.05. The Kier molecular flexibility index (Phi) is 6.13. The van der Waals surface area contributed by atoms with Crippen molar-refractivity contribution in [2.75, 3.05) is 20.3 Å². The molecule has 0 radical (unpaired) electrons. The first-order valence-electron chi connectivity index (χ1n) is 7.28. The molecule has 2 aromatic carbocycles. The van der Waals surface area contributed by atoms with Gasteiger partial charge in [-0.1, -0.05) is 0 Å². The number of hydrogen-bond donors (Lipinski definition) is 0. The van der Waals surface area contributed by atoms with Crippen LogP contribution in [0.2, 0.25) is 0 Å². The molecule has 0 amide bonds. The summed E-state index contributed by atoms with van der Waals surface area (Å²) in [5.41, 5.74) is 0.493. The Morgan fingerprint density at radius 1 is 0.958 bits per heavy atom. The lowest BCUT2D eigenvalue weighted by molar-refractivity contribution is -0.384. The van der Waals surface area contributed by atoms with Crippen molar-refractivity contribution in [2.24, 2.45) is 0 Å². The van der Waals surface area contributed by atoms with Gasteiger partial charge in [-0.3, -0.25) is 10.1 Å². The first-order valence-corrected chi connectivity index (χ1v) is 7.28. The van der Waals surface area contributed by atoms with Crippen LogP contribution < -0.4 is 9.47 Å². The van der Waals surface area contributed by atoms with Crippen LogP contribution >= 0.6 is 0 Å². The Morgan fingerprint density at radius 2 is 1.46 bits per heavy atom. The van der Waals surface area contributed by atoms with Gasteiger partial charge in [0.25, 0.3) is 5.69 Å². The molecule has 7 nitrogen and oxygen atoms in total. The molecule has 0 aliphatic carbocycles. The third kappa shape index (κ3) is 4.98. The van der Waals surface area contributed by atoms with Gasteiger partial charge in [0.05, 0.1) is 30.8 Å². The van der Waals surface area contributed by atoms with Gasteiger partial charge in [0, 0.05) is 18.6 Å². The number of nitro groups is 1. The molecule has 126 valence electrons. The summed E-state index contributed by atoms with van der Waals surface area (Å²) < 4.78 is 15.6. The first-order chi connectivity index (χ1) is 11.6. The molecular weight excluding hydrogens is 314 g/mol. The topological polar surface area (TPSA) is 87.9 Å². The molecule has 0 aliphatic rings. The number of nitro benzene ring substituents is 1. The lowest BCUT2D eigenvalue weighted by Gasteiger charge is -2.08. The monoisotopic (exact) mass is 331 g/mol. The number of carbonyl (C=O) groups is 1. The molecule has 7 heteroatoms. The van der Waals surface area contributed by atoms with E-state index in [1.54, 1.807) is 36.4 Å². The van der Waals surface area contributed by atoms with Crippen molar-refractivity contribution in [3.05, 3.63) is 64.2 Å². The number of carbonyl (C=O) groups excluding carboxylic acids is 1. The van der Waals surface area contributed by atoms with E-state index in [0.717, 1.165) is 0 Å². The van der Waals surface area contributed by atoms with E-state index >= 15 is 0 Å². The molecule has 0 N–H and O–H groups in total. The van der Waals surface area contributed by atoms with Crippen molar-refractivity contribution in [2.45, 2.75) is 6.42 Å². The SMILES string of the molecule is COC(=O)c1ccc(OCCCOc2ccc([N+](=O)[O-])cc2)cc1. The normalized spacial score (nSPS) is 10.0. The zero-order valence-corrected chi connectivity index (χ0v) is 13.1. The average molecular weight is 331 g/mol. The van der Waals surface area contributed by atoms with E-state index in [0.29, 0.717) is 36.7 Å². The minimum absolute atomic E-state index is 0.0288. The minimum atomic E-state index is -0.455. The number of nitrogens with zero attached hydrogens (tertiary/aromatic N) is 1. The summed E-state index contributed by atoms with van der Waals surface area (Å²) in [6.07, 6.45) is 0.649. The van der Waals surface area contributed by atoms with Crippen LogP contribution in [0.1, 0.15) is 16.8 Å². The van der Waals surface area contributed by atoms with Crippen molar-refractivity contribution >= 4 is 11.7 Å². The average Bonchev–Trinajstić information content (AvgIpc) is 2.61. The quantitative estimate of drug-likeness (QED) is 0.319. The second-order valence-electron chi connectivity index (χ2n) is 4.82. The van der Waals surface area contributed by atoms with Crippen molar-refractivity contribution in [3.63, 3.8) is 0 Å². The van der Waals surface area contributed by atoms with E-state index in [9.17, 15) is 14.9 Å². The largest absolute Gasteiger partial charge is 0.493 e. The Balaban J connectivity index is 1.69. The molecule has 0 aromatic heterocycles. The number of esters is 1. The van der Waals surface area contributed by atoms with Crippen LogP contribution in [0.3, 0.4) is 0 Å². The van der Waals surface area contributed by atoms with Crippen molar-refractivity contribution in [3.8, 4) is 11.5 Å². The molecule has 0 saturated carbocycles. The molecule has 0 spiro atoms. The fourth-order valence-electron chi connectivity index (χ4n) is 1.91. The highest BCUT2D eigenvalue weighted by molar-refractivity contribution is 5.89.